The highest BCUT2D eigenvalue weighted by Crippen LogP contribution is 2.81. The van der Waals surface area contributed by atoms with E-state index in [-0.39, 0.29) is 39.1 Å². The highest BCUT2D eigenvalue weighted by molar-refractivity contribution is 5.76. The summed E-state index contributed by atoms with van der Waals surface area (Å²) in [6.45, 7) is 21.4. The second kappa shape index (κ2) is 7.14. The Balaban J connectivity index is 1.61. The molecule has 3 nitrogen and oxygen atoms in total. The Bertz CT molecular complexity index is 906. The van der Waals surface area contributed by atoms with Gasteiger partial charge in [0.05, 0.1) is 11.5 Å². The quantitative estimate of drug-likeness (QED) is 0.411. The number of aliphatic carboxylic acids is 1. The summed E-state index contributed by atoms with van der Waals surface area (Å²) in [5.74, 6) is 1.19. The van der Waals surface area contributed by atoms with Crippen molar-refractivity contribution >= 4 is 5.97 Å². The van der Waals surface area contributed by atoms with Crippen LogP contribution in [0.15, 0.2) is 12.2 Å². The fourth-order valence-corrected chi connectivity index (χ4v) is 12.1. The molecule has 5 aliphatic carbocycles. The molecule has 0 unspecified atom stereocenters. The summed E-state index contributed by atoms with van der Waals surface area (Å²) in [5.41, 5.74) is 1.20. The lowest BCUT2D eigenvalue weighted by atomic mass is 9.29. The zero-order chi connectivity index (χ0) is 25.1. The molecule has 0 bridgehead atoms. The van der Waals surface area contributed by atoms with Crippen molar-refractivity contribution in [1.82, 2.24) is 0 Å². The summed E-state index contributed by atoms with van der Waals surface area (Å²) < 4.78 is 0. The van der Waals surface area contributed by atoms with Gasteiger partial charge in [-0.2, -0.15) is 0 Å². The minimum absolute atomic E-state index is 0.0158. The number of hydrogen-bond donors (Lipinski definition) is 2. The molecule has 0 spiro atoms. The van der Waals surface area contributed by atoms with E-state index in [1.54, 1.807) is 0 Å². The van der Waals surface area contributed by atoms with E-state index in [0.29, 0.717) is 17.8 Å². The number of allylic oxidation sites excluding steroid dienone is 1. The second-order valence-electron chi connectivity index (χ2n) is 15.2. The first kappa shape index (κ1) is 24.8. The number of carboxylic acid groups (broad SMARTS) is 1. The van der Waals surface area contributed by atoms with Crippen molar-refractivity contribution in [3.63, 3.8) is 0 Å². The van der Waals surface area contributed by atoms with Crippen LogP contribution in [-0.2, 0) is 4.79 Å². The maximum absolute atomic E-state index is 12.9. The van der Waals surface area contributed by atoms with Gasteiger partial charge in [-0.15, -0.1) is 0 Å². The monoisotopic (exact) mass is 470 g/mol. The van der Waals surface area contributed by atoms with Gasteiger partial charge in [0.2, 0.25) is 0 Å². The minimum Gasteiger partial charge on any atom is -0.481 e. The van der Waals surface area contributed by atoms with Crippen LogP contribution in [-0.4, -0.2) is 22.3 Å². The number of fused-ring (bicyclic) bond motifs is 7. The third kappa shape index (κ3) is 2.61. The zero-order valence-electron chi connectivity index (χ0n) is 23.0. The molecule has 2 N–H and O–H groups in total. The maximum atomic E-state index is 12.9. The molecule has 34 heavy (non-hydrogen) atoms. The average Bonchev–Trinajstić information content (AvgIpc) is 3.16. The van der Waals surface area contributed by atoms with Crippen LogP contribution in [0, 0.1) is 56.2 Å². The molecule has 0 saturated heterocycles. The standard InChI is InChI=1S/C31H50O3/c1-19(2)20-9-16-31(25(33)34)18-17-30(8)28(6)14-10-21-26(3,4)23(32)12-13-27(21,5)22(28)11-15-29(30,7)24(20)31/h20-24,32H,1,9-18H2,2-8H3,(H,33,34)/t20-,21+,22+,23+,24+,27+,28-,29-,30+,31+/m1/s1. The minimum atomic E-state index is -0.570. The van der Waals surface area contributed by atoms with Crippen LogP contribution < -0.4 is 0 Å². The number of rotatable bonds is 2. The summed E-state index contributed by atoms with van der Waals surface area (Å²) in [6, 6.07) is 0. The van der Waals surface area contributed by atoms with Crippen LogP contribution in [0.1, 0.15) is 113 Å². The van der Waals surface area contributed by atoms with Crippen molar-refractivity contribution in [2.24, 2.45) is 56.2 Å². The lowest BCUT2D eigenvalue weighted by Crippen LogP contribution is -2.70. The summed E-state index contributed by atoms with van der Waals surface area (Å²) >= 11 is 0. The van der Waals surface area contributed by atoms with Gasteiger partial charge >= 0.3 is 5.97 Å². The molecular weight excluding hydrogens is 420 g/mol. The van der Waals surface area contributed by atoms with Gasteiger partial charge in [-0.1, -0.05) is 53.7 Å². The SMILES string of the molecule is C=C(C)[C@H]1CC[C@]2(C(=O)O)CC[C@]3(C)[C@](C)(CC[C@H]4[C@@]5(C)CC[C@H](O)C(C)(C)[C@@H]5CC[C@]43C)[C@H]12. The van der Waals surface area contributed by atoms with Gasteiger partial charge in [-0.3, -0.25) is 4.79 Å². The van der Waals surface area contributed by atoms with E-state index < -0.39 is 11.4 Å². The first-order valence-electron chi connectivity index (χ1n) is 14.2. The molecule has 5 rings (SSSR count). The van der Waals surface area contributed by atoms with Gasteiger partial charge in [0.1, 0.15) is 0 Å². The number of hydrogen-bond acceptors (Lipinski definition) is 2. The summed E-state index contributed by atoms with van der Waals surface area (Å²) in [7, 11) is 0. The van der Waals surface area contributed by atoms with E-state index in [9.17, 15) is 15.0 Å². The number of carbonyl (C=O) groups is 1. The summed E-state index contributed by atoms with van der Waals surface area (Å²) in [4.78, 5) is 12.9. The molecule has 5 aliphatic rings. The highest BCUT2D eigenvalue weighted by atomic mass is 16.4. The third-order valence-electron chi connectivity index (χ3n) is 14.2. The molecule has 5 saturated carbocycles. The Morgan fingerprint density at radius 1 is 0.794 bits per heavy atom. The smallest absolute Gasteiger partial charge is 0.309 e. The van der Waals surface area contributed by atoms with Crippen LogP contribution >= 0.6 is 0 Å². The lowest BCUT2D eigenvalue weighted by Gasteiger charge is -2.75. The van der Waals surface area contributed by atoms with Crippen molar-refractivity contribution in [1.29, 1.82) is 0 Å². The normalized spacial score (nSPS) is 55.9. The van der Waals surface area contributed by atoms with Gasteiger partial charge in [0.25, 0.3) is 0 Å². The lowest BCUT2D eigenvalue weighted by molar-refractivity contribution is -0.276. The first-order valence-corrected chi connectivity index (χ1v) is 14.2. The molecule has 10 atom stereocenters. The Labute approximate surface area is 208 Å². The van der Waals surface area contributed by atoms with Crippen molar-refractivity contribution in [3.8, 4) is 0 Å². The van der Waals surface area contributed by atoms with E-state index >= 15 is 0 Å². The predicted molar refractivity (Wildman–Crippen MR) is 137 cm³/mol. The first-order chi connectivity index (χ1) is 15.6. The fraction of sp³-hybridized carbons (Fsp3) is 0.903. The van der Waals surface area contributed by atoms with Crippen molar-refractivity contribution < 1.29 is 15.0 Å². The number of aliphatic hydroxyl groups is 1. The Kier molecular flexibility index (Phi) is 5.22. The van der Waals surface area contributed by atoms with E-state index in [0.717, 1.165) is 44.9 Å². The molecular formula is C31H50O3. The average molecular weight is 471 g/mol. The Morgan fingerprint density at radius 3 is 2.03 bits per heavy atom. The highest BCUT2D eigenvalue weighted by Gasteiger charge is 2.75. The van der Waals surface area contributed by atoms with Crippen molar-refractivity contribution in [2.45, 2.75) is 119 Å². The fourth-order valence-electron chi connectivity index (χ4n) is 12.1. The topological polar surface area (TPSA) is 57.5 Å². The van der Waals surface area contributed by atoms with Crippen LogP contribution in [0.5, 0.6) is 0 Å². The van der Waals surface area contributed by atoms with Gasteiger partial charge in [-0.25, -0.2) is 0 Å². The Morgan fingerprint density at radius 2 is 1.41 bits per heavy atom. The van der Waals surface area contributed by atoms with E-state index in [1.165, 1.54) is 24.8 Å². The van der Waals surface area contributed by atoms with Crippen molar-refractivity contribution in [2.75, 3.05) is 0 Å². The zero-order valence-corrected chi connectivity index (χ0v) is 23.0. The molecule has 0 aromatic carbocycles. The molecule has 0 aromatic rings. The van der Waals surface area contributed by atoms with Gasteiger partial charge in [0, 0.05) is 0 Å². The number of aliphatic hydroxyl groups excluding tert-OH is 1. The van der Waals surface area contributed by atoms with Crippen molar-refractivity contribution in [3.05, 3.63) is 12.2 Å². The summed E-state index contributed by atoms with van der Waals surface area (Å²) in [6.07, 6.45) is 10.3. The van der Waals surface area contributed by atoms with Crippen LogP contribution in [0.4, 0.5) is 0 Å². The van der Waals surface area contributed by atoms with Gasteiger partial charge in [-0.05, 0) is 122 Å². The second-order valence-corrected chi connectivity index (χ2v) is 15.2. The maximum Gasteiger partial charge on any atom is 0.309 e. The molecule has 5 fully saturated rings. The summed E-state index contributed by atoms with van der Waals surface area (Å²) in [5, 5.41) is 21.5. The molecule has 192 valence electrons. The third-order valence-corrected chi connectivity index (χ3v) is 14.2. The predicted octanol–water partition coefficient (Wildman–Crippen LogP) is 7.48. The van der Waals surface area contributed by atoms with Crippen LogP contribution in [0.3, 0.4) is 0 Å². The van der Waals surface area contributed by atoms with E-state index in [4.69, 9.17) is 0 Å². The Hall–Kier alpha value is -0.830. The molecule has 3 heteroatoms. The molecule has 0 heterocycles. The van der Waals surface area contributed by atoms with Crippen LogP contribution in [0.25, 0.3) is 0 Å². The van der Waals surface area contributed by atoms with Crippen LogP contribution in [0.2, 0.25) is 0 Å². The number of carboxylic acids is 1. The van der Waals surface area contributed by atoms with E-state index in [2.05, 4.69) is 55.0 Å². The largest absolute Gasteiger partial charge is 0.481 e. The van der Waals surface area contributed by atoms with Gasteiger partial charge < -0.3 is 10.2 Å². The molecule has 0 amide bonds. The molecule has 0 aliphatic heterocycles. The molecule has 0 radical (unpaired) electrons. The van der Waals surface area contributed by atoms with E-state index in [1.807, 2.05) is 0 Å². The van der Waals surface area contributed by atoms with Gasteiger partial charge in [0.15, 0.2) is 0 Å². The molecule has 0 aromatic heterocycles.